The van der Waals surface area contributed by atoms with Crippen LogP contribution in [-0.2, 0) is 0 Å². The van der Waals surface area contributed by atoms with Gasteiger partial charge in [0, 0.05) is 5.92 Å². The van der Waals surface area contributed by atoms with E-state index in [0.29, 0.717) is 5.92 Å². The molecule has 90 valence electrons. The van der Waals surface area contributed by atoms with Gasteiger partial charge in [0.15, 0.2) is 0 Å². The summed E-state index contributed by atoms with van der Waals surface area (Å²) in [5.74, 6) is 0.395. The second kappa shape index (κ2) is 6.61. The summed E-state index contributed by atoms with van der Waals surface area (Å²) in [4.78, 5) is 0. The maximum atomic E-state index is 3.93. The fraction of sp³-hybridized carbons (Fsp3) is 0.111. The van der Waals surface area contributed by atoms with E-state index in [0.717, 1.165) is 6.42 Å². The number of benzene rings is 2. The molecule has 0 fully saturated rings. The second-order valence-corrected chi connectivity index (χ2v) is 4.30. The molecule has 0 radical (unpaired) electrons. The predicted molar refractivity (Wildman–Crippen MR) is 79.5 cm³/mol. The van der Waals surface area contributed by atoms with Crippen molar-refractivity contribution in [2.24, 2.45) is 0 Å². The van der Waals surface area contributed by atoms with Gasteiger partial charge >= 0.3 is 0 Å². The van der Waals surface area contributed by atoms with Gasteiger partial charge in [0.25, 0.3) is 0 Å². The minimum atomic E-state index is 0.395. The van der Waals surface area contributed by atoms with Crippen LogP contribution in [0.5, 0.6) is 0 Å². The van der Waals surface area contributed by atoms with E-state index in [-0.39, 0.29) is 0 Å². The number of hydrogen-bond donors (Lipinski definition) is 0. The Kier molecular flexibility index (Phi) is 4.54. The Hall–Kier alpha value is -2.08. The normalized spacial score (nSPS) is 12.4. The van der Waals surface area contributed by atoms with Gasteiger partial charge < -0.3 is 0 Å². The van der Waals surface area contributed by atoms with E-state index >= 15 is 0 Å². The molecule has 18 heavy (non-hydrogen) atoms. The summed E-state index contributed by atoms with van der Waals surface area (Å²) in [7, 11) is 0. The molecule has 0 aliphatic heterocycles. The number of allylic oxidation sites excluding steroid dienone is 2. The quantitative estimate of drug-likeness (QED) is 0.634. The molecule has 0 spiro atoms. The van der Waals surface area contributed by atoms with Gasteiger partial charge in [-0.2, -0.15) is 0 Å². The third kappa shape index (κ3) is 3.46. The van der Waals surface area contributed by atoms with Crippen LogP contribution in [-0.4, -0.2) is 0 Å². The van der Waals surface area contributed by atoms with Crippen LogP contribution in [0.4, 0.5) is 0 Å². The van der Waals surface area contributed by atoms with E-state index < -0.39 is 0 Å². The highest BCUT2D eigenvalue weighted by Gasteiger charge is 2.03. The van der Waals surface area contributed by atoms with Gasteiger partial charge in [-0.1, -0.05) is 78.9 Å². The smallest absolute Gasteiger partial charge is 0.00499 e. The lowest BCUT2D eigenvalue weighted by atomic mass is 9.95. The van der Waals surface area contributed by atoms with Gasteiger partial charge in [-0.15, -0.1) is 6.58 Å². The van der Waals surface area contributed by atoms with Crippen LogP contribution in [0, 0.1) is 0 Å². The molecule has 1 atom stereocenters. The molecular weight excluding hydrogens is 216 g/mol. The summed E-state index contributed by atoms with van der Waals surface area (Å²) in [6, 6.07) is 20.9. The Morgan fingerprint density at radius 2 is 1.50 bits per heavy atom. The molecule has 0 heteroatoms. The third-order valence-corrected chi connectivity index (χ3v) is 3.01. The first kappa shape index (κ1) is 12.4. The summed E-state index contributed by atoms with van der Waals surface area (Å²) in [6.45, 7) is 3.93. The van der Waals surface area contributed by atoms with Crippen molar-refractivity contribution in [3.05, 3.63) is 90.5 Å². The highest BCUT2D eigenvalue weighted by atomic mass is 14.1. The SMILES string of the molecule is C=CC(CC=Cc1ccccc1)c1ccccc1. The molecule has 0 bridgehead atoms. The Morgan fingerprint density at radius 3 is 2.11 bits per heavy atom. The molecule has 1 unspecified atom stereocenters. The van der Waals surface area contributed by atoms with Gasteiger partial charge in [-0.05, 0) is 17.5 Å². The Morgan fingerprint density at radius 1 is 0.889 bits per heavy atom. The van der Waals surface area contributed by atoms with Gasteiger partial charge in [0.05, 0.1) is 0 Å². The molecule has 2 aromatic rings. The molecule has 0 saturated heterocycles. The van der Waals surface area contributed by atoms with Crippen LogP contribution < -0.4 is 0 Å². The van der Waals surface area contributed by atoms with Gasteiger partial charge in [0.2, 0.25) is 0 Å². The topological polar surface area (TPSA) is 0 Å². The molecule has 0 aliphatic carbocycles. The van der Waals surface area contributed by atoms with Crippen LogP contribution in [0.25, 0.3) is 6.08 Å². The van der Waals surface area contributed by atoms with Crippen LogP contribution >= 0.6 is 0 Å². The van der Waals surface area contributed by atoms with Crippen molar-refractivity contribution >= 4 is 6.08 Å². The summed E-state index contributed by atoms with van der Waals surface area (Å²) in [5.41, 5.74) is 2.57. The van der Waals surface area contributed by atoms with Crippen molar-refractivity contribution in [2.45, 2.75) is 12.3 Å². The van der Waals surface area contributed by atoms with Crippen molar-refractivity contribution in [1.82, 2.24) is 0 Å². The third-order valence-electron chi connectivity index (χ3n) is 3.01. The van der Waals surface area contributed by atoms with Crippen molar-refractivity contribution in [2.75, 3.05) is 0 Å². The minimum absolute atomic E-state index is 0.395. The van der Waals surface area contributed by atoms with Crippen LogP contribution in [0.2, 0.25) is 0 Å². The van der Waals surface area contributed by atoms with Crippen molar-refractivity contribution in [3.63, 3.8) is 0 Å². The van der Waals surface area contributed by atoms with E-state index in [2.05, 4.69) is 67.3 Å². The first-order chi connectivity index (χ1) is 8.90. The van der Waals surface area contributed by atoms with E-state index in [9.17, 15) is 0 Å². The highest BCUT2D eigenvalue weighted by molar-refractivity contribution is 5.48. The Balaban J connectivity index is 2.00. The molecule has 0 aliphatic rings. The lowest BCUT2D eigenvalue weighted by Gasteiger charge is -2.09. The minimum Gasteiger partial charge on any atom is -0.102 e. The second-order valence-electron chi connectivity index (χ2n) is 4.30. The zero-order chi connectivity index (χ0) is 12.6. The van der Waals surface area contributed by atoms with Crippen molar-refractivity contribution in [3.8, 4) is 0 Å². The molecule has 0 aromatic heterocycles. The largest absolute Gasteiger partial charge is 0.102 e. The fourth-order valence-corrected chi connectivity index (χ4v) is 1.98. The molecule has 2 rings (SSSR count). The summed E-state index contributed by atoms with van der Waals surface area (Å²) in [5, 5.41) is 0. The molecule has 0 amide bonds. The maximum Gasteiger partial charge on any atom is 0.00499 e. The Labute approximate surface area is 109 Å². The molecule has 0 heterocycles. The first-order valence-electron chi connectivity index (χ1n) is 6.29. The molecule has 0 nitrogen and oxygen atoms in total. The molecular formula is C18H18. The van der Waals surface area contributed by atoms with E-state index in [4.69, 9.17) is 0 Å². The fourth-order valence-electron chi connectivity index (χ4n) is 1.98. The summed E-state index contributed by atoms with van der Waals surface area (Å²) >= 11 is 0. The number of rotatable bonds is 5. The number of hydrogen-bond acceptors (Lipinski definition) is 0. The molecule has 0 N–H and O–H groups in total. The molecule has 2 aromatic carbocycles. The average Bonchev–Trinajstić information content (AvgIpc) is 2.46. The van der Waals surface area contributed by atoms with Gasteiger partial charge in [0.1, 0.15) is 0 Å². The first-order valence-corrected chi connectivity index (χ1v) is 6.29. The molecule has 0 saturated carbocycles. The van der Waals surface area contributed by atoms with Crippen molar-refractivity contribution < 1.29 is 0 Å². The van der Waals surface area contributed by atoms with E-state index in [1.165, 1.54) is 11.1 Å². The average molecular weight is 234 g/mol. The van der Waals surface area contributed by atoms with Gasteiger partial charge in [-0.25, -0.2) is 0 Å². The lowest BCUT2D eigenvalue weighted by Crippen LogP contribution is -1.92. The van der Waals surface area contributed by atoms with Crippen LogP contribution in [0.1, 0.15) is 23.5 Å². The predicted octanol–water partition coefficient (Wildman–Crippen LogP) is 5.06. The zero-order valence-corrected chi connectivity index (χ0v) is 10.5. The van der Waals surface area contributed by atoms with Crippen LogP contribution in [0.3, 0.4) is 0 Å². The monoisotopic (exact) mass is 234 g/mol. The maximum absolute atomic E-state index is 3.93. The summed E-state index contributed by atoms with van der Waals surface area (Å²) in [6.07, 6.45) is 7.39. The van der Waals surface area contributed by atoms with Crippen LogP contribution in [0.15, 0.2) is 79.4 Å². The lowest BCUT2D eigenvalue weighted by molar-refractivity contribution is 0.868. The van der Waals surface area contributed by atoms with E-state index in [1.54, 1.807) is 0 Å². The highest BCUT2D eigenvalue weighted by Crippen LogP contribution is 2.21. The Bertz CT molecular complexity index is 494. The van der Waals surface area contributed by atoms with Crippen molar-refractivity contribution in [1.29, 1.82) is 0 Å². The zero-order valence-electron chi connectivity index (χ0n) is 10.5. The van der Waals surface area contributed by atoms with Gasteiger partial charge in [-0.3, -0.25) is 0 Å². The standard InChI is InChI=1S/C18H18/c1-2-17(18-13-7-4-8-14-18)15-9-12-16-10-5-3-6-11-16/h2-14,17H,1,15H2. The van der Waals surface area contributed by atoms with E-state index in [1.807, 2.05) is 18.2 Å². The summed E-state index contributed by atoms with van der Waals surface area (Å²) < 4.78 is 0.